The Balaban J connectivity index is 2.74. The van der Waals surface area contributed by atoms with Crippen molar-refractivity contribution in [2.24, 2.45) is 0 Å². The van der Waals surface area contributed by atoms with Gasteiger partial charge >= 0.3 is 7.60 Å². The SMILES string of the molecule is O=P(O)(O)CS(=O)(=O)Cn1cncn1. The van der Waals surface area contributed by atoms with Gasteiger partial charge in [0.1, 0.15) is 18.5 Å². The summed E-state index contributed by atoms with van der Waals surface area (Å²) >= 11 is 0. The lowest BCUT2D eigenvalue weighted by atomic mass is 11.2. The second kappa shape index (κ2) is 3.77. The van der Waals surface area contributed by atoms with Gasteiger partial charge in [-0.05, 0) is 0 Å². The molecule has 1 heterocycles. The topological polar surface area (TPSA) is 122 Å². The molecule has 0 radical (unpaired) electrons. The van der Waals surface area contributed by atoms with Crippen LogP contribution in [0.25, 0.3) is 0 Å². The molecule has 0 fully saturated rings. The molecule has 1 rings (SSSR count). The van der Waals surface area contributed by atoms with Crippen LogP contribution in [0.5, 0.6) is 0 Å². The van der Waals surface area contributed by atoms with E-state index >= 15 is 0 Å². The highest BCUT2D eigenvalue weighted by Crippen LogP contribution is 2.36. The van der Waals surface area contributed by atoms with E-state index < -0.39 is 28.8 Å². The van der Waals surface area contributed by atoms with Crippen LogP contribution < -0.4 is 0 Å². The monoisotopic (exact) mass is 241 g/mol. The van der Waals surface area contributed by atoms with Crippen LogP contribution in [0.3, 0.4) is 0 Å². The van der Waals surface area contributed by atoms with Crippen LogP contribution in [0.15, 0.2) is 12.7 Å². The standard InChI is InChI=1S/C4H8N3O5PS/c8-13(9,10)4-14(11,12)3-7-2-5-1-6-7/h1-2H,3-4H2,(H2,8,9,10). The lowest BCUT2D eigenvalue weighted by Gasteiger charge is -2.04. The maximum atomic E-state index is 11.1. The predicted octanol–water partition coefficient (Wildman–Crippen LogP) is -1.21. The van der Waals surface area contributed by atoms with Crippen LogP contribution >= 0.6 is 7.60 Å². The maximum absolute atomic E-state index is 11.1. The van der Waals surface area contributed by atoms with Crippen molar-refractivity contribution < 1.29 is 22.8 Å². The molecule has 10 heteroatoms. The molecule has 80 valence electrons. The van der Waals surface area contributed by atoms with E-state index in [9.17, 15) is 13.0 Å². The first-order valence-corrected chi connectivity index (χ1v) is 6.98. The van der Waals surface area contributed by atoms with Crippen molar-refractivity contribution in [3.05, 3.63) is 12.7 Å². The second-order valence-electron chi connectivity index (χ2n) is 2.60. The average molecular weight is 241 g/mol. The molecular weight excluding hydrogens is 233 g/mol. The molecule has 14 heavy (non-hydrogen) atoms. The molecular formula is C4H8N3O5PS. The third-order valence-corrected chi connectivity index (χ3v) is 4.74. The molecule has 0 aliphatic heterocycles. The fraction of sp³-hybridized carbons (Fsp3) is 0.500. The average Bonchev–Trinajstić information content (AvgIpc) is 2.31. The number of hydrogen-bond donors (Lipinski definition) is 2. The van der Waals surface area contributed by atoms with Gasteiger partial charge in [-0.15, -0.1) is 0 Å². The highest BCUT2D eigenvalue weighted by atomic mass is 32.2. The van der Waals surface area contributed by atoms with Gasteiger partial charge < -0.3 is 9.79 Å². The summed E-state index contributed by atoms with van der Waals surface area (Å²) < 4.78 is 33.7. The fourth-order valence-corrected chi connectivity index (χ4v) is 3.71. The lowest BCUT2D eigenvalue weighted by molar-refractivity contribution is 0.378. The van der Waals surface area contributed by atoms with Crippen molar-refractivity contribution in [2.75, 3.05) is 5.49 Å². The summed E-state index contributed by atoms with van der Waals surface area (Å²) in [6.45, 7) is 0. The Morgan fingerprint density at radius 3 is 2.50 bits per heavy atom. The van der Waals surface area contributed by atoms with Crippen LogP contribution in [0.1, 0.15) is 0 Å². The molecule has 0 aliphatic rings. The van der Waals surface area contributed by atoms with Gasteiger partial charge in [-0.3, -0.25) is 4.57 Å². The highest BCUT2D eigenvalue weighted by Gasteiger charge is 2.25. The Labute approximate surface area is 79.7 Å². The molecule has 2 N–H and O–H groups in total. The van der Waals surface area contributed by atoms with E-state index in [4.69, 9.17) is 9.79 Å². The summed E-state index contributed by atoms with van der Waals surface area (Å²) in [5.74, 6) is -0.585. The molecule has 0 aliphatic carbocycles. The normalized spacial score (nSPS) is 13.0. The second-order valence-corrected chi connectivity index (χ2v) is 6.71. The minimum Gasteiger partial charge on any atom is -0.324 e. The Morgan fingerprint density at radius 1 is 1.43 bits per heavy atom. The summed E-state index contributed by atoms with van der Waals surface area (Å²) in [4.78, 5) is 20.4. The van der Waals surface area contributed by atoms with E-state index in [1.165, 1.54) is 0 Å². The lowest BCUT2D eigenvalue weighted by Crippen LogP contribution is -2.15. The Bertz CT molecular complexity index is 434. The first-order chi connectivity index (χ1) is 6.29. The molecule has 0 aromatic carbocycles. The molecule has 8 nitrogen and oxygen atoms in total. The van der Waals surface area contributed by atoms with Crippen LogP contribution in [0.4, 0.5) is 0 Å². The van der Waals surface area contributed by atoms with Crippen LogP contribution in [0, 0.1) is 0 Å². The number of nitrogens with zero attached hydrogens (tertiary/aromatic N) is 3. The molecule has 0 amide bonds. The van der Waals surface area contributed by atoms with Gasteiger partial charge in [0.15, 0.2) is 15.3 Å². The number of aromatic nitrogens is 3. The van der Waals surface area contributed by atoms with Gasteiger partial charge in [-0.25, -0.2) is 18.1 Å². The molecule has 0 bridgehead atoms. The number of hydrogen-bond acceptors (Lipinski definition) is 5. The van der Waals surface area contributed by atoms with E-state index in [0.717, 1.165) is 17.3 Å². The zero-order valence-electron chi connectivity index (χ0n) is 6.89. The zero-order valence-corrected chi connectivity index (χ0v) is 8.60. The smallest absolute Gasteiger partial charge is 0.324 e. The van der Waals surface area contributed by atoms with E-state index in [-0.39, 0.29) is 0 Å². The zero-order chi connectivity index (χ0) is 10.8. The van der Waals surface area contributed by atoms with Gasteiger partial charge in [-0.2, -0.15) is 5.10 Å². The first-order valence-electron chi connectivity index (χ1n) is 3.36. The van der Waals surface area contributed by atoms with Gasteiger partial charge in [0, 0.05) is 0 Å². The summed E-state index contributed by atoms with van der Waals surface area (Å²) in [6, 6.07) is 0. The van der Waals surface area contributed by atoms with E-state index in [0.29, 0.717) is 0 Å². The summed E-state index contributed by atoms with van der Waals surface area (Å²) in [7, 11) is -8.42. The van der Waals surface area contributed by atoms with Crippen LogP contribution in [0.2, 0.25) is 0 Å². The minimum absolute atomic E-state index is 0.585. The molecule has 0 saturated heterocycles. The molecule has 0 saturated carbocycles. The first kappa shape index (κ1) is 11.3. The van der Waals surface area contributed by atoms with Crippen molar-refractivity contribution >= 4 is 17.4 Å². The molecule has 0 unspecified atom stereocenters. The summed E-state index contributed by atoms with van der Waals surface area (Å²) in [5, 5.41) is 3.50. The Hall–Kier alpha value is -0.760. The third-order valence-electron chi connectivity index (χ3n) is 1.16. The van der Waals surface area contributed by atoms with Crippen LogP contribution in [-0.2, 0) is 20.3 Å². The Morgan fingerprint density at radius 2 is 2.07 bits per heavy atom. The largest absolute Gasteiger partial charge is 0.340 e. The number of sulfone groups is 1. The number of rotatable bonds is 4. The van der Waals surface area contributed by atoms with Gasteiger partial charge in [0.25, 0.3) is 0 Å². The van der Waals surface area contributed by atoms with Gasteiger partial charge in [0.2, 0.25) is 0 Å². The quantitative estimate of drug-likeness (QED) is 0.633. The molecule has 1 aromatic heterocycles. The van der Waals surface area contributed by atoms with Crippen molar-refractivity contribution in [3.63, 3.8) is 0 Å². The third kappa shape index (κ3) is 3.97. The van der Waals surface area contributed by atoms with Crippen molar-refractivity contribution in [2.45, 2.75) is 5.88 Å². The van der Waals surface area contributed by atoms with Crippen LogP contribution in [-0.4, -0.2) is 38.5 Å². The van der Waals surface area contributed by atoms with Crippen molar-refractivity contribution in [3.8, 4) is 0 Å². The van der Waals surface area contributed by atoms with Gasteiger partial charge in [0.05, 0.1) is 0 Å². The van der Waals surface area contributed by atoms with Crippen molar-refractivity contribution in [1.82, 2.24) is 14.8 Å². The van der Waals surface area contributed by atoms with E-state index in [1.54, 1.807) is 0 Å². The maximum Gasteiger partial charge on any atom is 0.340 e. The fourth-order valence-electron chi connectivity index (χ4n) is 0.798. The molecule has 1 aromatic rings. The highest BCUT2D eigenvalue weighted by molar-refractivity contribution is 7.96. The van der Waals surface area contributed by atoms with Crippen molar-refractivity contribution in [1.29, 1.82) is 0 Å². The molecule has 0 atom stereocenters. The summed E-state index contributed by atoms with van der Waals surface area (Å²) in [6.07, 6.45) is 2.28. The minimum atomic E-state index is -4.56. The summed E-state index contributed by atoms with van der Waals surface area (Å²) in [5.41, 5.74) is -1.18. The predicted molar refractivity (Wildman–Crippen MR) is 45.9 cm³/mol. The Kier molecular flexibility index (Phi) is 3.05. The van der Waals surface area contributed by atoms with E-state index in [1.807, 2.05) is 0 Å². The van der Waals surface area contributed by atoms with E-state index in [2.05, 4.69) is 10.1 Å². The molecule has 0 spiro atoms. The van der Waals surface area contributed by atoms with Gasteiger partial charge in [-0.1, -0.05) is 0 Å².